The van der Waals surface area contributed by atoms with Gasteiger partial charge in [-0.05, 0) is 13.0 Å². The number of nitrogens with zero attached hydrogens (tertiary/aromatic N) is 1. The molecular formula is C10H8N2S. The Kier molecular flexibility index (Phi) is 1.27. The molecule has 0 aliphatic carbocycles. The van der Waals surface area contributed by atoms with E-state index in [1.165, 1.54) is 15.7 Å². The summed E-state index contributed by atoms with van der Waals surface area (Å²) in [6, 6.07) is 8.27. The van der Waals surface area contributed by atoms with E-state index in [0.717, 1.165) is 10.5 Å². The Morgan fingerprint density at radius 1 is 1.31 bits per heavy atom. The van der Waals surface area contributed by atoms with E-state index in [4.69, 9.17) is 0 Å². The highest BCUT2D eigenvalue weighted by molar-refractivity contribution is 7.18. The lowest BCUT2D eigenvalue weighted by atomic mass is 10.2. The molecule has 0 bridgehead atoms. The molecule has 13 heavy (non-hydrogen) atoms. The molecule has 1 aromatic carbocycles. The van der Waals surface area contributed by atoms with Crippen molar-refractivity contribution in [2.75, 3.05) is 0 Å². The summed E-state index contributed by atoms with van der Waals surface area (Å²) in [5, 5.41) is 2.34. The Morgan fingerprint density at radius 2 is 2.15 bits per heavy atom. The minimum atomic E-state index is 1.11. The first kappa shape index (κ1) is 7.09. The average molecular weight is 188 g/mol. The van der Waals surface area contributed by atoms with Crippen molar-refractivity contribution in [3.63, 3.8) is 0 Å². The molecule has 64 valence electrons. The molecule has 0 unspecified atom stereocenters. The van der Waals surface area contributed by atoms with E-state index in [-0.39, 0.29) is 0 Å². The number of thiazole rings is 1. The maximum atomic E-state index is 4.49. The van der Waals surface area contributed by atoms with Gasteiger partial charge in [0.2, 0.25) is 0 Å². The lowest BCUT2D eigenvalue weighted by Crippen LogP contribution is -1.68. The number of aryl methyl sites for hydroxylation is 1. The van der Waals surface area contributed by atoms with Gasteiger partial charge in [0.25, 0.3) is 0 Å². The first-order chi connectivity index (χ1) is 6.34. The average Bonchev–Trinajstić information content (AvgIpc) is 2.60. The van der Waals surface area contributed by atoms with Crippen LogP contribution in [0.5, 0.6) is 0 Å². The Labute approximate surface area is 79.2 Å². The van der Waals surface area contributed by atoms with Crippen LogP contribution in [0, 0.1) is 6.92 Å². The Balaban J connectivity index is 2.60. The third-order valence-electron chi connectivity index (χ3n) is 2.16. The highest BCUT2D eigenvalue weighted by Gasteiger charge is 2.06. The normalized spacial score (nSPS) is 11.5. The summed E-state index contributed by atoms with van der Waals surface area (Å²) in [5.41, 5.74) is 2.29. The number of hydrogen-bond donors (Lipinski definition) is 1. The molecule has 2 heterocycles. The monoisotopic (exact) mass is 188 g/mol. The summed E-state index contributed by atoms with van der Waals surface area (Å²) in [4.78, 5) is 9.02. The van der Waals surface area contributed by atoms with E-state index >= 15 is 0 Å². The van der Waals surface area contributed by atoms with Crippen LogP contribution in [-0.4, -0.2) is 9.97 Å². The first-order valence-electron chi connectivity index (χ1n) is 4.18. The van der Waals surface area contributed by atoms with E-state index in [2.05, 4.69) is 22.1 Å². The maximum Gasteiger partial charge on any atom is 0.121 e. The fourth-order valence-corrected chi connectivity index (χ4v) is 2.46. The Morgan fingerprint density at radius 3 is 3.08 bits per heavy atom. The minimum absolute atomic E-state index is 1.11. The number of rotatable bonds is 0. The van der Waals surface area contributed by atoms with Crippen molar-refractivity contribution in [1.82, 2.24) is 9.97 Å². The molecule has 0 aliphatic rings. The molecule has 0 spiro atoms. The van der Waals surface area contributed by atoms with Crippen LogP contribution in [-0.2, 0) is 0 Å². The van der Waals surface area contributed by atoms with E-state index in [1.807, 2.05) is 19.1 Å². The summed E-state index contributed by atoms with van der Waals surface area (Å²) >= 11 is 1.71. The van der Waals surface area contributed by atoms with Crippen molar-refractivity contribution in [1.29, 1.82) is 0 Å². The molecule has 0 saturated heterocycles. The van der Waals surface area contributed by atoms with Crippen molar-refractivity contribution in [2.45, 2.75) is 6.92 Å². The highest BCUT2D eigenvalue weighted by atomic mass is 32.1. The molecule has 1 N–H and O–H groups in total. The quantitative estimate of drug-likeness (QED) is 0.577. The second kappa shape index (κ2) is 2.33. The lowest BCUT2D eigenvalue weighted by Gasteiger charge is -1.85. The van der Waals surface area contributed by atoms with Crippen LogP contribution in [0.25, 0.3) is 21.3 Å². The smallest absolute Gasteiger partial charge is 0.121 e. The summed E-state index contributed by atoms with van der Waals surface area (Å²) in [6.07, 6.45) is 0. The molecule has 0 radical (unpaired) electrons. The SMILES string of the molecule is Cc1nc2c([nH]c3ccccc32)s1. The molecule has 0 amide bonds. The van der Waals surface area contributed by atoms with Crippen molar-refractivity contribution < 1.29 is 0 Å². The molecule has 0 fully saturated rings. The molecule has 0 aliphatic heterocycles. The number of fused-ring (bicyclic) bond motifs is 3. The van der Waals surface area contributed by atoms with E-state index in [0.29, 0.717) is 0 Å². The predicted molar refractivity (Wildman–Crippen MR) is 56.2 cm³/mol. The molecule has 3 heteroatoms. The zero-order valence-electron chi connectivity index (χ0n) is 7.16. The maximum absolute atomic E-state index is 4.49. The van der Waals surface area contributed by atoms with Gasteiger partial charge in [-0.3, -0.25) is 0 Å². The van der Waals surface area contributed by atoms with Gasteiger partial charge in [-0.1, -0.05) is 18.2 Å². The van der Waals surface area contributed by atoms with Gasteiger partial charge in [-0.25, -0.2) is 4.98 Å². The second-order valence-electron chi connectivity index (χ2n) is 3.08. The number of hydrogen-bond acceptors (Lipinski definition) is 2. The van der Waals surface area contributed by atoms with E-state index in [9.17, 15) is 0 Å². The molecule has 0 atom stereocenters. The Bertz CT molecular complexity index is 577. The fourth-order valence-electron chi connectivity index (χ4n) is 1.62. The molecule has 3 aromatic rings. The lowest BCUT2D eigenvalue weighted by molar-refractivity contribution is 1.36. The van der Waals surface area contributed by atoms with Gasteiger partial charge >= 0.3 is 0 Å². The number of aromatic amines is 1. The highest BCUT2D eigenvalue weighted by Crippen LogP contribution is 2.28. The van der Waals surface area contributed by atoms with Crippen LogP contribution >= 0.6 is 11.3 Å². The number of nitrogens with one attached hydrogen (secondary N) is 1. The van der Waals surface area contributed by atoms with Gasteiger partial charge in [-0.15, -0.1) is 11.3 Å². The predicted octanol–water partition coefficient (Wildman–Crippen LogP) is 3.09. The number of para-hydroxylation sites is 1. The molecule has 3 rings (SSSR count). The van der Waals surface area contributed by atoms with Crippen molar-refractivity contribution in [3.05, 3.63) is 29.3 Å². The van der Waals surface area contributed by atoms with Crippen LogP contribution < -0.4 is 0 Å². The minimum Gasteiger partial charge on any atom is -0.345 e. The number of benzene rings is 1. The number of H-pyrrole nitrogens is 1. The van der Waals surface area contributed by atoms with Crippen LogP contribution in [0.2, 0.25) is 0 Å². The van der Waals surface area contributed by atoms with Gasteiger partial charge in [0.1, 0.15) is 10.3 Å². The van der Waals surface area contributed by atoms with Crippen LogP contribution in [0.3, 0.4) is 0 Å². The van der Waals surface area contributed by atoms with Gasteiger partial charge in [0.15, 0.2) is 0 Å². The molecule has 2 nitrogen and oxygen atoms in total. The molecule has 0 saturated carbocycles. The van der Waals surface area contributed by atoms with Crippen LogP contribution in [0.4, 0.5) is 0 Å². The van der Waals surface area contributed by atoms with Gasteiger partial charge in [0, 0.05) is 10.9 Å². The van der Waals surface area contributed by atoms with E-state index in [1.54, 1.807) is 11.3 Å². The van der Waals surface area contributed by atoms with E-state index < -0.39 is 0 Å². The third-order valence-corrected chi connectivity index (χ3v) is 3.05. The van der Waals surface area contributed by atoms with Gasteiger partial charge in [0.05, 0.1) is 5.01 Å². The fraction of sp³-hybridized carbons (Fsp3) is 0.100. The Hall–Kier alpha value is -1.35. The third kappa shape index (κ3) is 0.906. The summed E-state index contributed by atoms with van der Waals surface area (Å²) in [5.74, 6) is 0. The van der Waals surface area contributed by atoms with Crippen LogP contribution in [0.15, 0.2) is 24.3 Å². The van der Waals surface area contributed by atoms with Crippen molar-refractivity contribution >= 4 is 32.6 Å². The summed E-state index contributed by atoms with van der Waals surface area (Å²) in [7, 11) is 0. The van der Waals surface area contributed by atoms with Crippen molar-refractivity contribution in [2.24, 2.45) is 0 Å². The molecule has 2 aromatic heterocycles. The second-order valence-corrected chi connectivity index (χ2v) is 4.28. The summed E-state index contributed by atoms with van der Waals surface area (Å²) < 4.78 is 0. The van der Waals surface area contributed by atoms with Crippen molar-refractivity contribution in [3.8, 4) is 0 Å². The topological polar surface area (TPSA) is 28.7 Å². The zero-order chi connectivity index (χ0) is 8.84. The molecular weight excluding hydrogens is 180 g/mol. The van der Waals surface area contributed by atoms with Gasteiger partial charge < -0.3 is 4.98 Å². The number of aromatic nitrogens is 2. The zero-order valence-corrected chi connectivity index (χ0v) is 7.98. The van der Waals surface area contributed by atoms with Crippen LogP contribution in [0.1, 0.15) is 5.01 Å². The standard InChI is InChI=1S/C10H8N2S/c1-6-11-9-7-4-2-3-5-8(7)12-10(9)13-6/h2-5,12H,1H3. The van der Waals surface area contributed by atoms with Gasteiger partial charge in [-0.2, -0.15) is 0 Å². The first-order valence-corrected chi connectivity index (χ1v) is 5.00. The largest absolute Gasteiger partial charge is 0.345 e. The summed E-state index contributed by atoms with van der Waals surface area (Å²) in [6.45, 7) is 2.04.